The van der Waals surface area contributed by atoms with Crippen molar-refractivity contribution in [3.63, 3.8) is 0 Å². The minimum atomic E-state index is 0. The predicted molar refractivity (Wildman–Crippen MR) is 51.1 cm³/mol. The zero-order valence-corrected chi connectivity index (χ0v) is 8.51. The van der Waals surface area contributed by atoms with Gasteiger partial charge in [0, 0.05) is 0 Å². The zero-order chi connectivity index (χ0) is 9.10. The minimum Gasteiger partial charge on any atom is -0.359 e. The van der Waals surface area contributed by atoms with Crippen LogP contribution in [0.1, 0.15) is 5.56 Å². The van der Waals surface area contributed by atoms with E-state index < -0.39 is 0 Å². The summed E-state index contributed by atoms with van der Waals surface area (Å²) in [5, 5.41) is 12.4. The Balaban J connectivity index is 0.000000980. The Bertz CT molecular complexity index is 428. The molecule has 62 valence electrons. The van der Waals surface area contributed by atoms with Crippen LogP contribution in [0.2, 0.25) is 0 Å². The summed E-state index contributed by atoms with van der Waals surface area (Å²) in [6.45, 7) is 0. The first-order valence-corrected chi connectivity index (χ1v) is 4.54. The van der Waals surface area contributed by atoms with E-state index in [2.05, 4.69) is 16.4 Å². The summed E-state index contributed by atoms with van der Waals surface area (Å²) < 4.78 is 0. The monoisotopic (exact) mass is 192 g/mol. The van der Waals surface area contributed by atoms with Crippen molar-refractivity contribution in [1.82, 2.24) is 4.98 Å². The molecule has 1 aromatic heterocycles. The van der Waals surface area contributed by atoms with E-state index in [1.807, 2.05) is 12.1 Å². The van der Waals surface area contributed by atoms with E-state index in [0.717, 1.165) is 10.6 Å². The fourth-order valence-electron chi connectivity index (χ4n) is 1.01. The molecule has 1 heterocycles. The number of rotatable bonds is 1. The average Bonchev–Trinajstić information content (AvgIpc) is 2.71. The summed E-state index contributed by atoms with van der Waals surface area (Å²) in [5.74, 6) is 0. The Hall–Kier alpha value is -1.06. The molecule has 0 radical (unpaired) electrons. The molecule has 0 aliphatic heterocycles. The molecule has 0 N–H and O–H groups in total. The van der Waals surface area contributed by atoms with Crippen LogP contribution >= 0.6 is 11.3 Å². The van der Waals surface area contributed by atoms with Gasteiger partial charge in [-0.15, -0.1) is 0 Å². The average molecular weight is 192 g/mol. The van der Waals surface area contributed by atoms with Crippen molar-refractivity contribution in [3.05, 3.63) is 41.4 Å². The Kier molecular flexibility index (Phi) is 3.92. The summed E-state index contributed by atoms with van der Waals surface area (Å²) in [6, 6.07) is 9.44. The van der Waals surface area contributed by atoms with E-state index in [9.17, 15) is 0 Å². The van der Waals surface area contributed by atoms with Crippen molar-refractivity contribution in [2.45, 2.75) is 0 Å². The largest absolute Gasteiger partial charge is 1.00 e. The summed E-state index contributed by atoms with van der Waals surface area (Å²) in [6.07, 6.45) is 1.65. The fourth-order valence-corrected chi connectivity index (χ4v) is 1.59. The van der Waals surface area contributed by atoms with Gasteiger partial charge in [0.25, 0.3) is 0 Å². The maximum atomic E-state index is 8.59. The smallest absolute Gasteiger partial charge is 0.359 e. The van der Waals surface area contributed by atoms with Gasteiger partial charge >= 0.3 is 18.9 Å². The van der Waals surface area contributed by atoms with Crippen LogP contribution in [-0.4, -0.2) is 4.98 Å². The third kappa shape index (κ3) is 2.24. The molecule has 0 saturated heterocycles. The molecule has 0 bridgehead atoms. The van der Waals surface area contributed by atoms with E-state index in [-0.39, 0.29) is 18.9 Å². The van der Waals surface area contributed by atoms with E-state index in [4.69, 9.17) is 5.26 Å². The van der Waals surface area contributed by atoms with E-state index in [1.165, 1.54) is 11.3 Å². The SMILES string of the molecule is N#Cc1ccc(-c2nc[c-]s2)cc1.[Li+]. The normalized spacial score (nSPS) is 8.79. The van der Waals surface area contributed by atoms with E-state index >= 15 is 0 Å². The van der Waals surface area contributed by atoms with Gasteiger partial charge in [-0.25, -0.2) is 0 Å². The van der Waals surface area contributed by atoms with Crippen molar-refractivity contribution in [3.8, 4) is 16.6 Å². The second-order valence-electron chi connectivity index (χ2n) is 2.47. The van der Waals surface area contributed by atoms with Crippen molar-refractivity contribution < 1.29 is 18.9 Å². The summed E-state index contributed by atoms with van der Waals surface area (Å²) >= 11 is 1.47. The molecular formula is C10H5LiN2S. The molecule has 0 aliphatic rings. The summed E-state index contributed by atoms with van der Waals surface area (Å²) in [5.41, 5.74) is 1.70. The molecule has 2 aromatic rings. The van der Waals surface area contributed by atoms with Gasteiger partial charge in [0.2, 0.25) is 0 Å². The first kappa shape index (κ1) is 11.0. The summed E-state index contributed by atoms with van der Waals surface area (Å²) in [7, 11) is 0. The molecule has 14 heavy (non-hydrogen) atoms. The number of benzene rings is 1. The fraction of sp³-hybridized carbons (Fsp3) is 0. The number of nitrogens with zero attached hydrogens (tertiary/aromatic N) is 2. The van der Waals surface area contributed by atoms with Gasteiger partial charge in [-0.3, -0.25) is 0 Å². The molecule has 0 atom stereocenters. The Morgan fingerprint density at radius 1 is 1.29 bits per heavy atom. The third-order valence-electron chi connectivity index (χ3n) is 1.65. The van der Waals surface area contributed by atoms with Gasteiger partial charge in [0.05, 0.1) is 11.6 Å². The van der Waals surface area contributed by atoms with Gasteiger partial charge in [-0.05, 0) is 17.1 Å². The maximum Gasteiger partial charge on any atom is 1.00 e. The molecule has 2 nitrogen and oxygen atoms in total. The molecule has 0 fully saturated rings. The number of hydrogen-bond donors (Lipinski definition) is 0. The Labute approximate surface area is 98.4 Å². The third-order valence-corrected chi connectivity index (χ3v) is 2.41. The van der Waals surface area contributed by atoms with Crippen LogP contribution < -0.4 is 18.9 Å². The molecule has 0 saturated carbocycles. The van der Waals surface area contributed by atoms with Gasteiger partial charge in [0.15, 0.2) is 0 Å². The van der Waals surface area contributed by atoms with Crippen LogP contribution in [0, 0.1) is 16.7 Å². The number of hydrogen-bond acceptors (Lipinski definition) is 3. The van der Waals surface area contributed by atoms with Crippen molar-refractivity contribution >= 4 is 11.3 Å². The van der Waals surface area contributed by atoms with Crippen LogP contribution in [0.15, 0.2) is 30.5 Å². The van der Waals surface area contributed by atoms with Crippen LogP contribution in [0.25, 0.3) is 10.6 Å². The van der Waals surface area contributed by atoms with Gasteiger partial charge in [-0.2, -0.15) is 10.6 Å². The van der Waals surface area contributed by atoms with Gasteiger partial charge in [-0.1, -0.05) is 23.9 Å². The van der Waals surface area contributed by atoms with E-state index in [1.54, 1.807) is 18.3 Å². The zero-order valence-electron chi connectivity index (χ0n) is 7.69. The molecule has 4 heteroatoms. The standard InChI is InChI=1S/C10H5N2S.Li/c11-7-8-1-3-9(4-2-8)10-12-5-6-13-10;/h1-5H;/q-1;+1. The van der Waals surface area contributed by atoms with Crippen molar-refractivity contribution in [1.29, 1.82) is 5.26 Å². The molecule has 0 aliphatic carbocycles. The van der Waals surface area contributed by atoms with Crippen LogP contribution in [0.3, 0.4) is 0 Å². The van der Waals surface area contributed by atoms with Crippen LogP contribution in [-0.2, 0) is 0 Å². The van der Waals surface area contributed by atoms with E-state index in [0.29, 0.717) is 5.56 Å². The first-order valence-electron chi connectivity index (χ1n) is 3.72. The predicted octanol–water partition coefficient (Wildman–Crippen LogP) is -0.514. The molecule has 0 amide bonds. The van der Waals surface area contributed by atoms with Crippen LogP contribution in [0.4, 0.5) is 0 Å². The molecule has 1 aromatic carbocycles. The minimum absolute atomic E-state index is 0. The Morgan fingerprint density at radius 3 is 2.50 bits per heavy atom. The molecule has 0 spiro atoms. The number of thiazole rings is 1. The van der Waals surface area contributed by atoms with Crippen molar-refractivity contribution in [2.75, 3.05) is 0 Å². The quantitative estimate of drug-likeness (QED) is 0.450. The first-order chi connectivity index (χ1) is 6.40. The van der Waals surface area contributed by atoms with Gasteiger partial charge < -0.3 is 16.3 Å². The maximum absolute atomic E-state index is 8.59. The topological polar surface area (TPSA) is 36.7 Å². The second kappa shape index (κ2) is 4.98. The van der Waals surface area contributed by atoms with Crippen LogP contribution in [0.5, 0.6) is 0 Å². The molecule has 0 unspecified atom stereocenters. The molecular weight excluding hydrogens is 187 g/mol. The number of nitriles is 1. The molecule has 2 rings (SSSR count). The van der Waals surface area contributed by atoms with Crippen molar-refractivity contribution in [2.24, 2.45) is 0 Å². The number of aromatic nitrogens is 1. The van der Waals surface area contributed by atoms with Gasteiger partial charge in [0.1, 0.15) is 0 Å². The second-order valence-corrected chi connectivity index (χ2v) is 3.30. The Morgan fingerprint density at radius 2 is 2.00 bits per heavy atom. The summed E-state index contributed by atoms with van der Waals surface area (Å²) in [4.78, 5) is 4.12.